The molecular weight excluding hydrogens is 410 g/mol. The fourth-order valence-electron chi connectivity index (χ4n) is 2.97. The molecule has 0 aliphatic carbocycles. The van der Waals surface area contributed by atoms with Gasteiger partial charge in [-0.25, -0.2) is 9.97 Å². The maximum absolute atomic E-state index is 11.5. The van der Waals surface area contributed by atoms with Crippen molar-refractivity contribution in [1.82, 2.24) is 14.9 Å². The van der Waals surface area contributed by atoms with Crippen molar-refractivity contribution in [1.29, 1.82) is 5.41 Å². The largest absolute Gasteiger partial charge is 0.385 e. The number of benzene rings is 1. The number of hydrogen-bond acceptors (Lipinski definition) is 8. The van der Waals surface area contributed by atoms with Crippen molar-refractivity contribution in [2.45, 2.75) is 43.2 Å². The van der Waals surface area contributed by atoms with Crippen molar-refractivity contribution in [2.24, 2.45) is 5.73 Å². The summed E-state index contributed by atoms with van der Waals surface area (Å²) in [4.78, 5) is 24.2. The molecule has 1 aliphatic heterocycles. The maximum atomic E-state index is 11.5. The van der Waals surface area contributed by atoms with Gasteiger partial charge in [-0.15, -0.1) is 0 Å². The Balaban J connectivity index is 1.75. The minimum Gasteiger partial charge on any atom is -0.385 e. The zero-order valence-electron chi connectivity index (χ0n) is 17.9. The summed E-state index contributed by atoms with van der Waals surface area (Å²) in [6.45, 7) is 6.75. The molecule has 0 atom stereocenters. The average Bonchev–Trinajstić information content (AvgIpc) is 2.67. The van der Waals surface area contributed by atoms with E-state index in [4.69, 9.17) is 16.1 Å². The van der Waals surface area contributed by atoms with Gasteiger partial charge >= 0.3 is 0 Å². The van der Waals surface area contributed by atoms with Crippen molar-refractivity contribution in [3.63, 3.8) is 0 Å². The molecule has 0 saturated carbocycles. The van der Waals surface area contributed by atoms with Gasteiger partial charge in [-0.3, -0.25) is 4.79 Å². The number of hydrogen-bond donors (Lipinski definition) is 4. The second kappa shape index (κ2) is 10.9. The first kappa shape index (κ1) is 22.8. The fraction of sp³-hybridized carbons (Fsp3) is 0.364. The lowest BCUT2D eigenvalue weighted by Crippen LogP contribution is -2.38. The molecule has 1 fully saturated rings. The van der Waals surface area contributed by atoms with E-state index < -0.39 is 0 Å². The lowest BCUT2D eigenvalue weighted by atomic mass is 10.2. The molecule has 2 aromatic rings. The van der Waals surface area contributed by atoms with Crippen LogP contribution in [-0.4, -0.2) is 46.1 Å². The van der Waals surface area contributed by atoms with E-state index in [0.717, 1.165) is 42.3 Å². The third kappa shape index (κ3) is 7.37. The molecule has 1 saturated heterocycles. The molecule has 1 aliphatic rings. The number of carbonyl (C=O) groups is 1. The van der Waals surface area contributed by atoms with Crippen LogP contribution in [-0.2, 0) is 11.2 Å². The zero-order chi connectivity index (χ0) is 22.2. The Morgan fingerprint density at radius 2 is 2.00 bits per heavy atom. The van der Waals surface area contributed by atoms with E-state index in [1.807, 2.05) is 37.3 Å². The predicted octanol–water partition coefficient (Wildman–Crippen LogP) is 3.48. The average molecular weight is 440 g/mol. The number of aromatic nitrogens is 2. The summed E-state index contributed by atoms with van der Waals surface area (Å²) < 4.78 is 0. The van der Waals surface area contributed by atoms with Crippen molar-refractivity contribution in [3.05, 3.63) is 47.9 Å². The highest BCUT2D eigenvalue weighted by Crippen LogP contribution is 2.27. The number of rotatable bonds is 10. The van der Waals surface area contributed by atoms with E-state index in [1.54, 1.807) is 13.0 Å². The Labute approximate surface area is 187 Å². The first-order valence-electron chi connectivity index (χ1n) is 10.4. The van der Waals surface area contributed by atoms with Crippen LogP contribution < -0.4 is 16.4 Å². The smallest absolute Gasteiger partial charge is 0.224 e. The highest BCUT2D eigenvalue weighted by Gasteiger charge is 2.14. The molecule has 1 amide bonds. The summed E-state index contributed by atoms with van der Waals surface area (Å²) in [5, 5.41) is 14.1. The number of nitrogens with two attached hydrogens (primary N) is 1. The molecule has 164 valence electrons. The van der Waals surface area contributed by atoms with Gasteiger partial charge in [0.05, 0.1) is 0 Å². The van der Waals surface area contributed by atoms with E-state index >= 15 is 0 Å². The van der Waals surface area contributed by atoms with Gasteiger partial charge in [0, 0.05) is 47.4 Å². The standard InChI is InChI=1S/C22H29N7OS/c1-3-21(30)25-16-5-7-18(8-6-16)31-22-26-17(9-12-29-10-4-11-29)14-20(28-22)27-19(24)13-15(2)23/h5-8,13-14,23H,3-4,9-12,24H2,1-2H3,(H,25,30)(H,26,27,28)/b19-13+,23-15?. The second-order valence-corrected chi connectivity index (χ2v) is 8.45. The van der Waals surface area contributed by atoms with Crippen molar-refractivity contribution in [2.75, 3.05) is 30.3 Å². The van der Waals surface area contributed by atoms with Gasteiger partial charge in [0.2, 0.25) is 5.91 Å². The number of anilines is 2. The molecule has 9 heteroatoms. The van der Waals surface area contributed by atoms with Crippen LogP contribution in [0.5, 0.6) is 0 Å². The summed E-state index contributed by atoms with van der Waals surface area (Å²) in [5.41, 5.74) is 8.05. The van der Waals surface area contributed by atoms with Crippen LogP contribution >= 0.6 is 11.8 Å². The summed E-state index contributed by atoms with van der Waals surface area (Å²) in [5.74, 6) is 0.963. The molecule has 0 spiro atoms. The number of carbonyl (C=O) groups excluding carboxylic acids is 1. The molecule has 0 bridgehead atoms. The highest BCUT2D eigenvalue weighted by molar-refractivity contribution is 7.99. The molecule has 1 aromatic carbocycles. The molecular formula is C22H29N7OS. The van der Waals surface area contributed by atoms with Gasteiger partial charge in [-0.05, 0) is 68.5 Å². The monoisotopic (exact) mass is 439 g/mol. The van der Waals surface area contributed by atoms with Gasteiger partial charge in [-0.1, -0.05) is 6.92 Å². The van der Waals surface area contributed by atoms with Crippen LogP contribution in [0.15, 0.2) is 52.3 Å². The Hall–Kier alpha value is -2.91. The molecule has 0 unspecified atom stereocenters. The van der Waals surface area contributed by atoms with E-state index in [2.05, 4.69) is 20.5 Å². The van der Waals surface area contributed by atoms with Gasteiger partial charge in [0.1, 0.15) is 11.6 Å². The van der Waals surface area contributed by atoms with Crippen molar-refractivity contribution >= 4 is 34.9 Å². The van der Waals surface area contributed by atoms with E-state index in [-0.39, 0.29) is 5.91 Å². The van der Waals surface area contributed by atoms with Gasteiger partial charge in [-0.2, -0.15) is 0 Å². The minimum atomic E-state index is -0.0137. The third-order valence-electron chi connectivity index (χ3n) is 4.70. The summed E-state index contributed by atoms with van der Waals surface area (Å²) in [7, 11) is 0. The minimum absolute atomic E-state index is 0.0137. The Bertz CT molecular complexity index is 955. The lowest BCUT2D eigenvalue weighted by Gasteiger charge is -2.30. The van der Waals surface area contributed by atoms with E-state index in [1.165, 1.54) is 18.2 Å². The van der Waals surface area contributed by atoms with E-state index in [9.17, 15) is 4.79 Å². The number of likely N-dealkylation sites (tertiary alicyclic amines) is 1. The highest BCUT2D eigenvalue weighted by atomic mass is 32.2. The SMILES string of the molecule is CCC(=O)Nc1ccc(Sc2nc(CCN3CCC3)cc(N/C(N)=C/C(C)=N)n2)cc1. The Morgan fingerprint density at radius 3 is 2.61 bits per heavy atom. The normalized spacial score (nSPS) is 14.1. The molecule has 3 rings (SSSR count). The summed E-state index contributed by atoms with van der Waals surface area (Å²) >= 11 is 1.45. The first-order valence-corrected chi connectivity index (χ1v) is 11.2. The lowest BCUT2D eigenvalue weighted by molar-refractivity contribution is -0.115. The number of amides is 1. The molecule has 8 nitrogen and oxygen atoms in total. The quantitative estimate of drug-likeness (QED) is 0.330. The van der Waals surface area contributed by atoms with Gasteiger partial charge in [0.15, 0.2) is 5.16 Å². The van der Waals surface area contributed by atoms with Crippen LogP contribution in [0.25, 0.3) is 0 Å². The van der Waals surface area contributed by atoms with Crippen molar-refractivity contribution in [3.8, 4) is 0 Å². The zero-order valence-corrected chi connectivity index (χ0v) is 18.8. The second-order valence-electron chi connectivity index (χ2n) is 7.41. The van der Waals surface area contributed by atoms with Gasteiger partial charge < -0.3 is 26.7 Å². The third-order valence-corrected chi connectivity index (χ3v) is 5.58. The van der Waals surface area contributed by atoms with E-state index in [0.29, 0.717) is 28.9 Å². The fourth-order valence-corrected chi connectivity index (χ4v) is 3.76. The number of nitrogens with one attached hydrogen (secondary N) is 3. The molecule has 2 heterocycles. The molecule has 0 radical (unpaired) electrons. The molecule has 5 N–H and O–H groups in total. The van der Waals surface area contributed by atoms with Crippen LogP contribution in [0.2, 0.25) is 0 Å². The summed E-state index contributed by atoms with van der Waals surface area (Å²) in [6.07, 6.45) is 4.09. The Kier molecular flexibility index (Phi) is 8.02. The van der Waals surface area contributed by atoms with Gasteiger partial charge in [0.25, 0.3) is 0 Å². The summed E-state index contributed by atoms with van der Waals surface area (Å²) in [6, 6.07) is 9.53. The van der Waals surface area contributed by atoms with Crippen LogP contribution in [0.1, 0.15) is 32.4 Å². The number of allylic oxidation sites excluding steroid dienone is 1. The Morgan fingerprint density at radius 1 is 1.26 bits per heavy atom. The van der Waals surface area contributed by atoms with Crippen LogP contribution in [0.3, 0.4) is 0 Å². The topological polar surface area (TPSA) is 120 Å². The van der Waals surface area contributed by atoms with Crippen LogP contribution in [0.4, 0.5) is 11.5 Å². The maximum Gasteiger partial charge on any atom is 0.224 e. The van der Waals surface area contributed by atoms with Crippen molar-refractivity contribution < 1.29 is 4.79 Å². The predicted molar refractivity (Wildman–Crippen MR) is 126 cm³/mol. The molecule has 1 aromatic heterocycles. The molecule has 31 heavy (non-hydrogen) atoms. The first-order chi connectivity index (χ1) is 14.9. The van der Waals surface area contributed by atoms with Crippen LogP contribution in [0, 0.1) is 5.41 Å². The number of nitrogens with zero attached hydrogens (tertiary/aromatic N) is 3.